The number of nitrogens with two attached hydrogens (primary N) is 1. The zero-order chi connectivity index (χ0) is 14.4. The number of anilines is 1. The number of rotatable bonds is 6. The lowest BCUT2D eigenvalue weighted by Gasteiger charge is -2.17. The van der Waals surface area contributed by atoms with E-state index in [0.717, 1.165) is 36.1 Å². The molecule has 0 radical (unpaired) electrons. The lowest BCUT2D eigenvalue weighted by molar-refractivity contribution is 0.322. The normalized spacial score (nSPS) is 10.9. The van der Waals surface area contributed by atoms with Crippen LogP contribution in [-0.2, 0) is 13.0 Å². The van der Waals surface area contributed by atoms with Crippen molar-refractivity contribution in [2.45, 2.75) is 19.4 Å². The van der Waals surface area contributed by atoms with Gasteiger partial charge in [0.1, 0.15) is 0 Å². The molecule has 2 nitrogen and oxygen atoms in total. The van der Waals surface area contributed by atoms with Crippen molar-refractivity contribution in [3.63, 3.8) is 0 Å². The molecule has 106 valence electrons. The van der Waals surface area contributed by atoms with Crippen LogP contribution in [0, 0.1) is 0 Å². The van der Waals surface area contributed by atoms with Crippen LogP contribution >= 0.6 is 15.9 Å². The van der Waals surface area contributed by atoms with Crippen molar-refractivity contribution in [2.75, 3.05) is 19.3 Å². The van der Waals surface area contributed by atoms with Crippen molar-refractivity contribution in [3.05, 3.63) is 64.1 Å². The van der Waals surface area contributed by atoms with E-state index in [4.69, 9.17) is 5.73 Å². The Bertz CT molecular complexity index is 554. The summed E-state index contributed by atoms with van der Waals surface area (Å²) < 4.78 is 1.14. The highest BCUT2D eigenvalue weighted by Crippen LogP contribution is 2.15. The van der Waals surface area contributed by atoms with E-state index in [0.29, 0.717) is 0 Å². The van der Waals surface area contributed by atoms with E-state index in [1.807, 2.05) is 12.1 Å². The van der Waals surface area contributed by atoms with Gasteiger partial charge in [-0.25, -0.2) is 0 Å². The summed E-state index contributed by atoms with van der Waals surface area (Å²) >= 11 is 3.51. The average molecular weight is 333 g/mol. The third kappa shape index (κ3) is 4.66. The number of hydrogen-bond donors (Lipinski definition) is 1. The van der Waals surface area contributed by atoms with Gasteiger partial charge in [0, 0.05) is 16.7 Å². The fourth-order valence-corrected chi connectivity index (χ4v) is 2.77. The van der Waals surface area contributed by atoms with E-state index in [-0.39, 0.29) is 0 Å². The maximum atomic E-state index is 5.96. The van der Waals surface area contributed by atoms with Crippen molar-refractivity contribution in [1.82, 2.24) is 4.90 Å². The summed E-state index contributed by atoms with van der Waals surface area (Å²) in [5, 5.41) is 0. The molecule has 0 spiro atoms. The van der Waals surface area contributed by atoms with E-state index in [2.05, 4.69) is 64.3 Å². The third-order valence-electron chi connectivity index (χ3n) is 3.38. The zero-order valence-electron chi connectivity index (χ0n) is 11.8. The lowest BCUT2D eigenvalue weighted by atomic mass is 10.1. The fourth-order valence-electron chi connectivity index (χ4n) is 2.33. The van der Waals surface area contributed by atoms with Gasteiger partial charge in [-0.3, -0.25) is 0 Å². The molecule has 3 heteroatoms. The highest BCUT2D eigenvalue weighted by Gasteiger charge is 2.02. The number of nitrogens with zero attached hydrogens (tertiary/aromatic N) is 1. The fraction of sp³-hybridized carbons (Fsp3) is 0.294. The molecule has 2 aromatic rings. The summed E-state index contributed by atoms with van der Waals surface area (Å²) in [7, 11) is 2.16. The van der Waals surface area contributed by atoms with Crippen molar-refractivity contribution in [3.8, 4) is 0 Å². The van der Waals surface area contributed by atoms with Crippen molar-refractivity contribution in [2.24, 2.45) is 0 Å². The lowest BCUT2D eigenvalue weighted by Crippen LogP contribution is -2.19. The Morgan fingerprint density at radius 3 is 2.65 bits per heavy atom. The minimum Gasteiger partial charge on any atom is -0.399 e. The Hall–Kier alpha value is -1.32. The molecule has 2 aromatic carbocycles. The van der Waals surface area contributed by atoms with Gasteiger partial charge >= 0.3 is 0 Å². The van der Waals surface area contributed by atoms with Gasteiger partial charge in [0.05, 0.1) is 0 Å². The summed E-state index contributed by atoms with van der Waals surface area (Å²) in [6, 6.07) is 16.6. The molecule has 0 aliphatic heterocycles. The van der Waals surface area contributed by atoms with E-state index in [9.17, 15) is 0 Å². The van der Waals surface area contributed by atoms with Crippen LogP contribution in [0.4, 0.5) is 5.69 Å². The number of hydrogen-bond acceptors (Lipinski definition) is 2. The molecule has 0 heterocycles. The maximum absolute atomic E-state index is 5.96. The second-order valence-electron chi connectivity index (χ2n) is 5.17. The molecule has 0 unspecified atom stereocenters. The first-order valence-electron chi connectivity index (χ1n) is 6.91. The van der Waals surface area contributed by atoms with Gasteiger partial charge in [-0.15, -0.1) is 0 Å². The molecule has 2 N–H and O–H groups in total. The highest BCUT2D eigenvalue weighted by molar-refractivity contribution is 9.10. The molecule has 0 aromatic heterocycles. The molecule has 0 amide bonds. The average Bonchev–Trinajstić information content (AvgIpc) is 2.41. The second kappa shape index (κ2) is 7.46. The van der Waals surface area contributed by atoms with E-state index < -0.39 is 0 Å². The molecule has 0 saturated carbocycles. The molecule has 0 saturated heterocycles. The zero-order valence-corrected chi connectivity index (χ0v) is 13.4. The van der Waals surface area contributed by atoms with E-state index >= 15 is 0 Å². The molecule has 2 rings (SSSR count). The molecule has 0 fully saturated rings. The minimum absolute atomic E-state index is 0.905. The smallest absolute Gasteiger partial charge is 0.0346 e. The molecule has 0 atom stereocenters. The Kier molecular flexibility index (Phi) is 5.62. The van der Waals surface area contributed by atoms with Crippen LogP contribution in [0.5, 0.6) is 0 Å². The van der Waals surface area contributed by atoms with Crippen LogP contribution in [0.25, 0.3) is 0 Å². The van der Waals surface area contributed by atoms with Crippen LogP contribution in [0.2, 0.25) is 0 Å². The van der Waals surface area contributed by atoms with Gasteiger partial charge in [-0.1, -0.05) is 46.3 Å². The summed E-state index contributed by atoms with van der Waals surface area (Å²) in [6.45, 7) is 2.05. The molecule has 0 aliphatic rings. The Morgan fingerprint density at radius 2 is 1.90 bits per heavy atom. The first-order valence-corrected chi connectivity index (χ1v) is 7.71. The Labute approximate surface area is 129 Å². The van der Waals surface area contributed by atoms with Gasteiger partial charge in [-0.05, 0) is 55.8 Å². The molecule has 0 bridgehead atoms. The van der Waals surface area contributed by atoms with Gasteiger partial charge in [0.25, 0.3) is 0 Å². The summed E-state index contributed by atoms with van der Waals surface area (Å²) in [5.41, 5.74) is 9.45. The van der Waals surface area contributed by atoms with Gasteiger partial charge in [0.2, 0.25) is 0 Å². The summed E-state index contributed by atoms with van der Waals surface area (Å²) in [5.74, 6) is 0. The van der Waals surface area contributed by atoms with Crippen LogP contribution < -0.4 is 5.73 Å². The minimum atomic E-state index is 0.905. The number of nitrogen functional groups attached to an aromatic ring is 1. The standard InChI is InChI=1S/C17H21BrN2/c1-20(13-14-6-4-9-16(18)12-14)11-5-8-15-7-2-3-10-17(15)19/h2-4,6-7,9-10,12H,5,8,11,13,19H2,1H3. The predicted octanol–water partition coefficient (Wildman–Crippen LogP) is 4.10. The SMILES string of the molecule is CN(CCCc1ccccc1N)Cc1cccc(Br)c1. The maximum Gasteiger partial charge on any atom is 0.0346 e. The van der Waals surface area contributed by atoms with Gasteiger partial charge in [-0.2, -0.15) is 0 Å². The molecular weight excluding hydrogens is 312 g/mol. The summed E-state index contributed by atoms with van der Waals surface area (Å²) in [6.07, 6.45) is 2.16. The molecule has 0 aliphatic carbocycles. The number of aryl methyl sites for hydroxylation is 1. The molecule has 20 heavy (non-hydrogen) atoms. The Balaban J connectivity index is 1.78. The number of benzene rings is 2. The monoisotopic (exact) mass is 332 g/mol. The topological polar surface area (TPSA) is 29.3 Å². The third-order valence-corrected chi connectivity index (χ3v) is 3.88. The van der Waals surface area contributed by atoms with Crippen molar-refractivity contribution < 1.29 is 0 Å². The quantitative estimate of drug-likeness (QED) is 0.807. The van der Waals surface area contributed by atoms with E-state index in [1.165, 1.54) is 11.1 Å². The van der Waals surface area contributed by atoms with Crippen molar-refractivity contribution >= 4 is 21.6 Å². The predicted molar refractivity (Wildman–Crippen MR) is 89.7 cm³/mol. The Morgan fingerprint density at radius 1 is 1.10 bits per heavy atom. The van der Waals surface area contributed by atoms with Crippen LogP contribution in [0.1, 0.15) is 17.5 Å². The van der Waals surface area contributed by atoms with Crippen LogP contribution in [0.3, 0.4) is 0 Å². The van der Waals surface area contributed by atoms with E-state index in [1.54, 1.807) is 0 Å². The van der Waals surface area contributed by atoms with Crippen LogP contribution in [0.15, 0.2) is 53.0 Å². The van der Waals surface area contributed by atoms with Gasteiger partial charge < -0.3 is 10.6 Å². The summed E-state index contributed by atoms with van der Waals surface area (Å²) in [4.78, 5) is 2.35. The first kappa shape index (κ1) is 15.1. The van der Waals surface area contributed by atoms with Gasteiger partial charge in [0.15, 0.2) is 0 Å². The largest absolute Gasteiger partial charge is 0.399 e. The second-order valence-corrected chi connectivity index (χ2v) is 6.09. The first-order chi connectivity index (χ1) is 9.65. The van der Waals surface area contributed by atoms with Crippen molar-refractivity contribution in [1.29, 1.82) is 0 Å². The highest BCUT2D eigenvalue weighted by atomic mass is 79.9. The number of halogens is 1. The number of para-hydroxylation sites is 1. The molecular formula is C17H21BrN2. The van der Waals surface area contributed by atoms with Crippen LogP contribution in [-0.4, -0.2) is 18.5 Å².